The number of rotatable bonds is 5. The fourth-order valence-electron chi connectivity index (χ4n) is 2.50. The second-order valence-corrected chi connectivity index (χ2v) is 5.72. The third-order valence-electron chi connectivity index (χ3n) is 3.83. The molecule has 134 valence electrons. The zero-order chi connectivity index (χ0) is 18.4. The quantitative estimate of drug-likeness (QED) is 0.655. The highest BCUT2D eigenvalue weighted by molar-refractivity contribution is 5.90. The Hall–Kier alpha value is -2.96. The lowest BCUT2D eigenvalue weighted by Gasteiger charge is -2.30. The topological polar surface area (TPSA) is 87.9 Å². The molecule has 0 aromatic heterocycles. The molecule has 0 fully saturated rings. The lowest BCUT2D eigenvalue weighted by molar-refractivity contribution is -0.0876. The summed E-state index contributed by atoms with van der Waals surface area (Å²) >= 11 is 0. The molecule has 0 radical (unpaired) electrons. The third kappa shape index (κ3) is 4.56. The minimum Gasteiger partial charge on any atom is -0.459 e. The van der Waals surface area contributed by atoms with Crippen molar-refractivity contribution in [1.82, 2.24) is 0 Å². The predicted molar refractivity (Wildman–Crippen MR) is 94.4 cm³/mol. The van der Waals surface area contributed by atoms with E-state index in [1.807, 2.05) is 12.1 Å². The van der Waals surface area contributed by atoms with E-state index in [2.05, 4.69) is 0 Å². The molecule has 0 bridgehead atoms. The number of carbonyl (C=O) groups excluding carboxylic acids is 2. The molecule has 6 heteroatoms. The average molecular weight is 353 g/mol. The molecule has 0 spiro atoms. The highest BCUT2D eigenvalue weighted by Gasteiger charge is 2.30. The number of nitrogens with two attached hydrogens (primary N) is 1. The van der Waals surface area contributed by atoms with Gasteiger partial charge in [-0.25, -0.2) is 9.59 Å². The maximum Gasteiger partial charge on any atom is 0.338 e. The Labute approximate surface area is 151 Å². The van der Waals surface area contributed by atoms with Crippen LogP contribution in [0.25, 0.3) is 0 Å². The average Bonchev–Trinajstić information content (AvgIpc) is 2.69. The Morgan fingerprint density at radius 2 is 1.46 bits per heavy atom. The molecular formula is C20H19NO5. The van der Waals surface area contributed by atoms with Gasteiger partial charge in [-0.1, -0.05) is 36.4 Å². The van der Waals surface area contributed by atoms with Gasteiger partial charge in [0.1, 0.15) is 25.0 Å². The van der Waals surface area contributed by atoms with Gasteiger partial charge in [0.05, 0.1) is 11.1 Å². The van der Waals surface area contributed by atoms with Crippen molar-refractivity contribution < 1.29 is 23.8 Å². The first-order chi connectivity index (χ1) is 12.6. The van der Waals surface area contributed by atoms with E-state index in [-0.39, 0.29) is 6.61 Å². The Balaban J connectivity index is 1.63. The van der Waals surface area contributed by atoms with Gasteiger partial charge in [0, 0.05) is 0 Å². The Morgan fingerprint density at radius 3 is 2.08 bits per heavy atom. The first-order valence-electron chi connectivity index (χ1n) is 8.21. The Bertz CT molecular complexity index is 775. The van der Waals surface area contributed by atoms with Crippen LogP contribution in [0.1, 0.15) is 20.7 Å². The molecule has 6 nitrogen and oxygen atoms in total. The molecule has 2 N–H and O–H groups in total. The number of carbonyl (C=O) groups is 2. The van der Waals surface area contributed by atoms with Crippen molar-refractivity contribution in [3.05, 3.63) is 83.9 Å². The van der Waals surface area contributed by atoms with E-state index < -0.39 is 30.4 Å². The number of esters is 2. The molecule has 0 saturated carbocycles. The highest BCUT2D eigenvalue weighted by Crippen LogP contribution is 2.17. The first kappa shape index (κ1) is 17.8. The van der Waals surface area contributed by atoms with Crippen molar-refractivity contribution in [2.45, 2.75) is 18.4 Å². The van der Waals surface area contributed by atoms with Crippen LogP contribution in [-0.4, -0.2) is 37.0 Å². The highest BCUT2D eigenvalue weighted by atomic mass is 16.6. The summed E-state index contributed by atoms with van der Waals surface area (Å²) in [5, 5.41) is 0. The van der Waals surface area contributed by atoms with E-state index in [9.17, 15) is 9.59 Å². The molecule has 2 aromatic carbocycles. The van der Waals surface area contributed by atoms with Crippen LogP contribution < -0.4 is 5.73 Å². The van der Waals surface area contributed by atoms with E-state index in [4.69, 9.17) is 19.9 Å². The van der Waals surface area contributed by atoms with Crippen molar-refractivity contribution in [3.63, 3.8) is 0 Å². The maximum atomic E-state index is 12.2. The van der Waals surface area contributed by atoms with Crippen molar-refractivity contribution in [3.8, 4) is 0 Å². The fourth-order valence-corrected chi connectivity index (χ4v) is 2.50. The van der Waals surface area contributed by atoms with Gasteiger partial charge in [-0.2, -0.15) is 0 Å². The van der Waals surface area contributed by atoms with E-state index in [0.29, 0.717) is 11.1 Å². The van der Waals surface area contributed by atoms with Gasteiger partial charge < -0.3 is 19.9 Å². The largest absolute Gasteiger partial charge is 0.459 e. The van der Waals surface area contributed by atoms with Gasteiger partial charge in [0.2, 0.25) is 0 Å². The van der Waals surface area contributed by atoms with Gasteiger partial charge in [0.25, 0.3) is 0 Å². The Kier molecular flexibility index (Phi) is 5.78. The van der Waals surface area contributed by atoms with Crippen molar-refractivity contribution in [2.24, 2.45) is 5.73 Å². The van der Waals surface area contributed by atoms with Crippen LogP contribution in [0, 0.1) is 0 Å². The fraction of sp³-hybridized carbons (Fsp3) is 0.200. The molecule has 1 aliphatic heterocycles. The van der Waals surface area contributed by atoms with Crippen LogP contribution in [0.2, 0.25) is 0 Å². The molecule has 2 aromatic rings. The minimum absolute atomic E-state index is 0.0848. The van der Waals surface area contributed by atoms with Crippen LogP contribution in [-0.2, 0) is 14.2 Å². The third-order valence-corrected chi connectivity index (χ3v) is 3.83. The van der Waals surface area contributed by atoms with Gasteiger partial charge >= 0.3 is 11.9 Å². The summed E-state index contributed by atoms with van der Waals surface area (Å²) in [5.74, 6) is -0.968. The molecule has 3 unspecified atom stereocenters. The molecular weight excluding hydrogens is 334 g/mol. The summed E-state index contributed by atoms with van der Waals surface area (Å²) in [5.41, 5.74) is 6.61. The van der Waals surface area contributed by atoms with Crippen LogP contribution in [0.15, 0.2) is 72.8 Å². The smallest absolute Gasteiger partial charge is 0.338 e. The molecule has 0 aliphatic carbocycles. The van der Waals surface area contributed by atoms with Crippen LogP contribution in [0.5, 0.6) is 0 Å². The number of benzene rings is 2. The summed E-state index contributed by atoms with van der Waals surface area (Å²) in [6.07, 6.45) is 1.21. The molecule has 0 amide bonds. The summed E-state index contributed by atoms with van der Waals surface area (Å²) < 4.78 is 16.3. The van der Waals surface area contributed by atoms with Crippen molar-refractivity contribution in [1.29, 1.82) is 0 Å². The molecule has 3 rings (SSSR count). The standard InChI is InChI=1S/C20H19NO5/c21-18-12-11-16(26-20(23)15-9-5-2-6-10-15)17(25-18)13-24-19(22)14-7-3-1-4-8-14/h1-12,16-18H,13,21H2. The molecule has 1 heterocycles. The van der Waals surface area contributed by atoms with Gasteiger partial charge in [0.15, 0.2) is 0 Å². The minimum atomic E-state index is -0.703. The normalized spacial score (nSPS) is 21.8. The van der Waals surface area contributed by atoms with Crippen molar-refractivity contribution in [2.75, 3.05) is 6.61 Å². The van der Waals surface area contributed by atoms with E-state index >= 15 is 0 Å². The van der Waals surface area contributed by atoms with Crippen LogP contribution in [0.4, 0.5) is 0 Å². The lowest BCUT2D eigenvalue weighted by Crippen LogP contribution is -2.44. The second kappa shape index (κ2) is 8.42. The second-order valence-electron chi connectivity index (χ2n) is 5.72. The Morgan fingerprint density at radius 1 is 0.885 bits per heavy atom. The van der Waals surface area contributed by atoms with Gasteiger partial charge in [-0.05, 0) is 36.4 Å². The van der Waals surface area contributed by atoms with Gasteiger partial charge in [-0.15, -0.1) is 0 Å². The van der Waals surface area contributed by atoms with Crippen LogP contribution in [0.3, 0.4) is 0 Å². The molecule has 3 atom stereocenters. The van der Waals surface area contributed by atoms with Gasteiger partial charge in [-0.3, -0.25) is 0 Å². The van der Waals surface area contributed by atoms with E-state index in [0.717, 1.165) is 0 Å². The summed E-state index contributed by atoms with van der Waals surface area (Å²) in [6, 6.07) is 17.2. The van der Waals surface area contributed by atoms with E-state index in [1.54, 1.807) is 60.7 Å². The summed E-state index contributed by atoms with van der Waals surface area (Å²) in [6.45, 7) is -0.0848. The number of hydrogen-bond donors (Lipinski definition) is 1. The monoisotopic (exact) mass is 353 g/mol. The zero-order valence-corrected chi connectivity index (χ0v) is 14.0. The zero-order valence-electron chi connectivity index (χ0n) is 14.0. The van der Waals surface area contributed by atoms with E-state index in [1.165, 1.54) is 0 Å². The molecule has 0 saturated heterocycles. The molecule has 1 aliphatic rings. The van der Waals surface area contributed by atoms with Crippen LogP contribution >= 0.6 is 0 Å². The summed E-state index contributed by atoms with van der Waals surface area (Å²) in [7, 11) is 0. The molecule has 26 heavy (non-hydrogen) atoms. The SMILES string of the molecule is NC1C=CC(OC(=O)c2ccccc2)C(COC(=O)c2ccccc2)O1. The van der Waals surface area contributed by atoms with Crippen molar-refractivity contribution >= 4 is 11.9 Å². The number of ether oxygens (including phenoxy) is 3. The summed E-state index contributed by atoms with van der Waals surface area (Å²) in [4.78, 5) is 24.3. The maximum absolute atomic E-state index is 12.2. The first-order valence-corrected chi connectivity index (χ1v) is 8.21. The number of hydrogen-bond acceptors (Lipinski definition) is 6. The predicted octanol–water partition coefficient (Wildman–Crippen LogP) is 2.31. The lowest BCUT2D eigenvalue weighted by atomic mass is 10.1.